The van der Waals surface area contributed by atoms with Gasteiger partial charge in [-0.05, 0) is 38.2 Å². The molecule has 0 aliphatic heterocycles. The Kier molecular flexibility index (Phi) is 5.17. The number of aromatic amines is 1. The Morgan fingerprint density at radius 2 is 2.08 bits per heavy atom. The highest BCUT2D eigenvalue weighted by atomic mass is 32.1. The van der Waals surface area contributed by atoms with Gasteiger partial charge >= 0.3 is 0 Å². The summed E-state index contributed by atoms with van der Waals surface area (Å²) in [4.78, 5) is 0. The lowest BCUT2D eigenvalue weighted by Gasteiger charge is -2.07. The van der Waals surface area contributed by atoms with E-state index in [-0.39, 0.29) is 6.61 Å². The van der Waals surface area contributed by atoms with E-state index in [1.807, 2.05) is 43.8 Å². The van der Waals surface area contributed by atoms with E-state index in [4.69, 9.17) is 21.7 Å². The summed E-state index contributed by atoms with van der Waals surface area (Å²) in [5.41, 5.74) is 2.88. The van der Waals surface area contributed by atoms with Crippen molar-refractivity contribution in [1.29, 1.82) is 0 Å². The van der Waals surface area contributed by atoms with Crippen molar-refractivity contribution in [3.05, 3.63) is 51.8 Å². The zero-order chi connectivity index (χ0) is 18.7. The second-order valence-corrected chi connectivity index (χ2v) is 6.06. The zero-order valence-electron chi connectivity index (χ0n) is 15.1. The minimum Gasteiger partial charge on any atom is -0.497 e. The van der Waals surface area contributed by atoms with E-state index in [0.717, 1.165) is 22.7 Å². The SMILES string of the molecule is COc1cccc(OCc2n[nH]c(=S)n2/N=C\c2c(C)nn(C)c2C)c1. The summed E-state index contributed by atoms with van der Waals surface area (Å²) in [6, 6.07) is 7.36. The number of hydrogen-bond acceptors (Lipinski definition) is 6. The van der Waals surface area contributed by atoms with Crippen LogP contribution in [0.15, 0.2) is 29.4 Å². The highest BCUT2D eigenvalue weighted by molar-refractivity contribution is 7.71. The topological polar surface area (TPSA) is 82.2 Å². The molecule has 0 amide bonds. The number of H-pyrrole nitrogens is 1. The van der Waals surface area contributed by atoms with Crippen molar-refractivity contribution in [3.63, 3.8) is 0 Å². The Bertz CT molecular complexity index is 1000. The van der Waals surface area contributed by atoms with Gasteiger partial charge in [-0.2, -0.15) is 20.0 Å². The van der Waals surface area contributed by atoms with Gasteiger partial charge in [0.15, 0.2) is 5.82 Å². The fraction of sp³-hybridized carbons (Fsp3) is 0.294. The first kappa shape index (κ1) is 17.9. The Morgan fingerprint density at radius 3 is 2.77 bits per heavy atom. The second-order valence-electron chi connectivity index (χ2n) is 5.68. The van der Waals surface area contributed by atoms with Crippen LogP contribution in [0.4, 0.5) is 0 Å². The van der Waals surface area contributed by atoms with Crippen LogP contribution in [0.5, 0.6) is 11.5 Å². The fourth-order valence-electron chi connectivity index (χ4n) is 2.47. The van der Waals surface area contributed by atoms with Crippen LogP contribution in [0.3, 0.4) is 0 Å². The molecule has 0 saturated carbocycles. The number of nitrogens with one attached hydrogen (secondary N) is 1. The van der Waals surface area contributed by atoms with Crippen molar-refractivity contribution in [1.82, 2.24) is 24.7 Å². The molecular weight excluding hydrogens is 352 g/mol. The third-order valence-corrected chi connectivity index (χ3v) is 4.26. The molecule has 3 aromatic rings. The molecule has 0 aliphatic carbocycles. The number of aromatic nitrogens is 5. The molecule has 2 aromatic heterocycles. The van der Waals surface area contributed by atoms with Crippen LogP contribution in [0.2, 0.25) is 0 Å². The van der Waals surface area contributed by atoms with Gasteiger partial charge < -0.3 is 9.47 Å². The summed E-state index contributed by atoms with van der Waals surface area (Å²) in [5.74, 6) is 1.96. The van der Waals surface area contributed by atoms with E-state index in [1.54, 1.807) is 24.1 Å². The van der Waals surface area contributed by atoms with Crippen LogP contribution in [-0.4, -0.2) is 38.0 Å². The van der Waals surface area contributed by atoms with Crippen LogP contribution in [0, 0.1) is 18.6 Å². The molecule has 2 heterocycles. The quantitative estimate of drug-likeness (QED) is 0.531. The minimum absolute atomic E-state index is 0.211. The molecule has 0 aliphatic rings. The standard InChI is InChI=1S/C17H20N6O2S/c1-11-15(12(2)22(3)21-11)9-18-23-16(19-20-17(23)26)10-25-14-7-5-6-13(8-14)24-4/h5-9H,10H2,1-4H3,(H,20,26)/b18-9-. The molecular formula is C17H20N6O2S. The van der Waals surface area contributed by atoms with E-state index in [1.165, 1.54) is 0 Å². The summed E-state index contributed by atoms with van der Waals surface area (Å²) in [6.45, 7) is 4.14. The van der Waals surface area contributed by atoms with E-state index in [2.05, 4.69) is 20.4 Å². The van der Waals surface area contributed by atoms with Crippen molar-refractivity contribution in [2.24, 2.45) is 12.1 Å². The summed E-state index contributed by atoms with van der Waals surface area (Å²) >= 11 is 5.26. The van der Waals surface area contributed by atoms with Gasteiger partial charge in [0.05, 0.1) is 19.0 Å². The molecule has 1 N–H and O–H groups in total. The molecule has 0 unspecified atom stereocenters. The number of ether oxygens (including phenoxy) is 2. The molecule has 0 fully saturated rings. The Hall–Kier alpha value is -2.94. The Labute approximate surface area is 156 Å². The monoisotopic (exact) mass is 372 g/mol. The van der Waals surface area contributed by atoms with Gasteiger partial charge in [-0.1, -0.05) is 6.07 Å². The Balaban J connectivity index is 1.80. The predicted octanol–water partition coefficient (Wildman–Crippen LogP) is 2.76. The first-order chi connectivity index (χ1) is 12.5. The summed E-state index contributed by atoms with van der Waals surface area (Å²) in [6.07, 6.45) is 1.73. The van der Waals surface area contributed by atoms with Gasteiger partial charge in [-0.25, -0.2) is 5.10 Å². The largest absolute Gasteiger partial charge is 0.497 e. The molecule has 3 rings (SSSR count). The van der Waals surface area contributed by atoms with Gasteiger partial charge in [-0.3, -0.25) is 4.68 Å². The summed E-state index contributed by atoms with van der Waals surface area (Å²) < 4.78 is 14.7. The first-order valence-corrected chi connectivity index (χ1v) is 8.38. The number of methoxy groups -OCH3 is 1. The predicted molar refractivity (Wildman–Crippen MR) is 100 cm³/mol. The lowest BCUT2D eigenvalue weighted by Crippen LogP contribution is -2.04. The van der Waals surface area contributed by atoms with Gasteiger partial charge in [0.2, 0.25) is 4.77 Å². The van der Waals surface area contributed by atoms with Crippen LogP contribution in [0.25, 0.3) is 0 Å². The van der Waals surface area contributed by atoms with Crippen LogP contribution in [-0.2, 0) is 13.7 Å². The van der Waals surface area contributed by atoms with E-state index >= 15 is 0 Å². The molecule has 136 valence electrons. The molecule has 0 spiro atoms. The molecule has 1 aromatic carbocycles. The molecule has 0 atom stereocenters. The maximum atomic E-state index is 5.77. The highest BCUT2D eigenvalue weighted by Crippen LogP contribution is 2.19. The van der Waals surface area contributed by atoms with Crippen molar-refractivity contribution < 1.29 is 9.47 Å². The van der Waals surface area contributed by atoms with Crippen molar-refractivity contribution in [3.8, 4) is 11.5 Å². The number of rotatable bonds is 6. The number of benzene rings is 1. The number of aryl methyl sites for hydroxylation is 2. The molecule has 9 heteroatoms. The molecule has 0 saturated heterocycles. The van der Waals surface area contributed by atoms with Gasteiger partial charge in [-0.15, -0.1) is 0 Å². The summed E-state index contributed by atoms with van der Waals surface area (Å²) in [7, 11) is 3.51. The lowest BCUT2D eigenvalue weighted by molar-refractivity contribution is 0.288. The first-order valence-electron chi connectivity index (χ1n) is 7.97. The van der Waals surface area contributed by atoms with E-state index in [0.29, 0.717) is 16.3 Å². The van der Waals surface area contributed by atoms with Gasteiger partial charge in [0.25, 0.3) is 0 Å². The number of hydrogen-bond donors (Lipinski definition) is 1. The maximum absolute atomic E-state index is 5.77. The molecule has 0 radical (unpaired) electrons. The molecule has 8 nitrogen and oxygen atoms in total. The Morgan fingerprint density at radius 1 is 1.31 bits per heavy atom. The summed E-state index contributed by atoms with van der Waals surface area (Å²) in [5, 5.41) is 15.8. The maximum Gasteiger partial charge on any atom is 0.216 e. The molecule has 26 heavy (non-hydrogen) atoms. The van der Waals surface area contributed by atoms with Crippen LogP contribution in [0.1, 0.15) is 22.8 Å². The van der Waals surface area contributed by atoms with Crippen molar-refractivity contribution in [2.75, 3.05) is 7.11 Å². The minimum atomic E-state index is 0.211. The average Bonchev–Trinajstić information content (AvgIpc) is 3.11. The van der Waals surface area contributed by atoms with Gasteiger partial charge in [0.1, 0.15) is 18.1 Å². The second kappa shape index (κ2) is 7.52. The fourth-order valence-corrected chi connectivity index (χ4v) is 2.67. The highest BCUT2D eigenvalue weighted by Gasteiger charge is 2.09. The zero-order valence-corrected chi connectivity index (χ0v) is 15.9. The normalized spacial score (nSPS) is 11.2. The molecule has 0 bridgehead atoms. The lowest BCUT2D eigenvalue weighted by atomic mass is 10.2. The average molecular weight is 372 g/mol. The van der Waals surface area contributed by atoms with E-state index in [9.17, 15) is 0 Å². The van der Waals surface area contributed by atoms with Gasteiger partial charge in [0, 0.05) is 24.4 Å². The van der Waals surface area contributed by atoms with Crippen molar-refractivity contribution in [2.45, 2.75) is 20.5 Å². The van der Waals surface area contributed by atoms with E-state index < -0.39 is 0 Å². The smallest absolute Gasteiger partial charge is 0.216 e. The van der Waals surface area contributed by atoms with Crippen molar-refractivity contribution >= 4 is 18.4 Å². The van der Waals surface area contributed by atoms with Crippen LogP contribution >= 0.6 is 12.2 Å². The number of nitrogens with zero attached hydrogens (tertiary/aromatic N) is 5. The third-order valence-electron chi connectivity index (χ3n) is 3.99. The van der Waals surface area contributed by atoms with Crippen LogP contribution < -0.4 is 9.47 Å². The third kappa shape index (κ3) is 3.67.